The monoisotopic (exact) mass is 342 g/mol. The minimum atomic E-state index is -0.555. The van der Waals surface area contributed by atoms with Crippen molar-refractivity contribution in [1.29, 1.82) is 0 Å². The number of hydrogen-bond donors (Lipinski definition) is 0. The van der Waals surface area contributed by atoms with Crippen molar-refractivity contribution in [3.63, 3.8) is 0 Å². The number of carbonyl (C=O) groups excluding carboxylic acids is 2. The average Bonchev–Trinajstić information content (AvgIpc) is 2.87. The Morgan fingerprint density at radius 3 is 2.48 bits per heavy atom. The zero-order valence-corrected chi connectivity index (χ0v) is 15.2. The van der Waals surface area contributed by atoms with Gasteiger partial charge in [0.1, 0.15) is 12.3 Å². The molecule has 1 saturated carbocycles. The van der Waals surface area contributed by atoms with Gasteiger partial charge in [-0.15, -0.1) is 0 Å². The van der Waals surface area contributed by atoms with Crippen LogP contribution in [0.5, 0.6) is 5.75 Å². The fraction of sp³-hybridized carbons (Fsp3) is 0.550. The molecule has 0 spiro atoms. The number of rotatable bonds is 5. The minimum Gasteiger partial charge on any atom is -0.497 e. The van der Waals surface area contributed by atoms with Gasteiger partial charge in [-0.1, -0.05) is 19.3 Å². The van der Waals surface area contributed by atoms with E-state index < -0.39 is 5.41 Å². The molecule has 1 aliphatic heterocycles. The summed E-state index contributed by atoms with van der Waals surface area (Å²) in [4.78, 5) is 25.6. The fourth-order valence-electron chi connectivity index (χ4n) is 4.01. The average molecular weight is 342 g/mol. The first kappa shape index (κ1) is 17.6. The van der Waals surface area contributed by atoms with Crippen molar-refractivity contribution in [1.82, 2.24) is 5.01 Å². The summed E-state index contributed by atoms with van der Waals surface area (Å²) in [5.74, 6) is 0.894. The number of ether oxygens (including phenoxy) is 1. The molecule has 1 aromatic carbocycles. The van der Waals surface area contributed by atoms with Gasteiger partial charge in [0.25, 0.3) is 5.91 Å². The van der Waals surface area contributed by atoms with Crippen LogP contribution in [0.3, 0.4) is 0 Å². The second kappa shape index (κ2) is 6.98. The molecule has 0 saturated heterocycles. The predicted octanol–water partition coefficient (Wildman–Crippen LogP) is 3.68. The van der Waals surface area contributed by atoms with Crippen LogP contribution in [0.4, 0.5) is 0 Å². The molecular weight excluding hydrogens is 316 g/mol. The molecule has 0 radical (unpaired) electrons. The summed E-state index contributed by atoms with van der Waals surface area (Å²) >= 11 is 0. The molecule has 1 aromatic rings. The largest absolute Gasteiger partial charge is 0.497 e. The van der Waals surface area contributed by atoms with E-state index in [1.165, 1.54) is 24.3 Å². The van der Waals surface area contributed by atoms with E-state index in [9.17, 15) is 9.59 Å². The van der Waals surface area contributed by atoms with E-state index in [0.29, 0.717) is 17.2 Å². The van der Waals surface area contributed by atoms with Gasteiger partial charge in [0.15, 0.2) is 5.78 Å². The van der Waals surface area contributed by atoms with E-state index in [0.717, 1.165) is 18.6 Å². The molecule has 5 heteroatoms. The first-order chi connectivity index (χ1) is 12.0. The Labute approximate surface area is 149 Å². The summed E-state index contributed by atoms with van der Waals surface area (Å²) in [6, 6.07) is 6.94. The summed E-state index contributed by atoms with van der Waals surface area (Å²) in [6.45, 7) is 3.91. The number of hydrogen-bond acceptors (Lipinski definition) is 4. The van der Waals surface area contributed by atoms with Crippen LogP contribution in [-0.4, -0.2) is 36.1 Å². The van der Waals surface area contributed by atoms with E-state index >= 15 is 0 Å². The summed E-state index contributed by atoms with van der Waals surface area (Å²) in [5.41, 5.74) is 0.848. The molecule has 0 bridgehead atoms. The van der Waals surface area contributed by atoms with Crippen LogP contribution in [0.2, 0.25) is 0 Å². The van der Waals surface area contributed by atoms with E-state index in [1.807, 2.05) is 13.8 Å². The maximum Gasteiger partial charge on any atom is 0.255 e. The highest BCUT2D eigenvalue weighted by atomic mass is 16.5. The van der Waals surface area contributed by atoms with Crippen molar-refractivity contribution in [2.75, 3.05) is 13.7 Å². The molecule has 5 nitrogen and oxygen atoms in total. The number of ketones is 1. The Hall–Kier alpha value is -2.17. The van der Waals surface area contributed by atoms with Gasteiger partial charge in [-0.25, -0.2) is 5.01 Å². The van der Waals surface area contributed by atoms with Gasteiger partial charge in [-0.3, -0.25) is 9.59 Å². The Morgan fingerprint density at radius 2 is 1.88 bits per heavy atom. The molecule has 1 fully saturated rings. The van der Waals surface area contributed by atoms with E-state index in [1.54, 1.807) is 31.4 Å². The first-order valence-electron chi connectivity index (χ1n) is 9.01. The van der Waals surface area contributed by atoms with Crippen LogP contribution in [0.25, 0.3) is 0 Å². The van der Waals surface area contributed by atoms with E-state index in [-0.39, 0.29) is 18.2 Å². The van der Waals surface area contributed by atoms with Crippen LogP contribution >= 0.6 is 0 Å². The van der Waals surface area contributed by atoms with Crippen molar-refractivity contribution >= 4 is 17.4 Å². The maximum absolute atomic E-state index is 13.0. The van der Waals surface area contributed by atoms with Gasteiger partial charge in [0.2, 0.25) is 0 Å². The van der Waals surface area contributed by atoms with Gasteiger partial charge in [-0.2, -0.15) is 5.10 Å². The van der Waals surface area contributed by atoms with E-state index in [2.05, 4.69) is 5.10 Å². The summed E-state index contributed by atoms with van der Waals surface area (Å²) < 4.78 is 5.11. The summed E-state index contributed by atoms with van der Waals surface area (Å²) in [5, 5.41) is 5.82. The highest BCUT2D eigenvalue weighted by molar-refractivity contribution is 6.12. The predicted molar refractivity (Wildman–Crippen MR) is 96.8 cm³/mol. The molecule has 2 aliphatic rings. The van der Waals surface area contributed by atoms with E-state index in [4.69, 9.17) is 4.74 Å². The smallest absolute Gasteiger partial charge is 0.255 e. The number of carbonyl (C=O) groups is 2. The quantitative estimate of drug-likeness (QED) is 0.767. The lowest BCUT2D eigenvalue weighted by Crippen LogP contribution is -2.44. The first-order valence-corrected chi connectivity index (χ1v) is 9.01. The SMILES string of the molecule is COc1ccc(C(=O)CN2N=C(C)C(C)(C3CCCCC3)C2=O)cc1. The third kappa shape index (κ3) is 3.20. The van der Waals surface area contributed by atoms with Crippen LogP contribution in [0.1, 0.15) is 56.3 Å². The van der Waals surface area contributed by atoms with Gasteiger partial charge in [-0.05, 0) is 56.9 Å². The molecule has 25 heavy (non-hydrogen) atoms. The lowest BCUT2D eigenvalue weighted by atomic mass is 9.67. The summed E-state index contributed by atoms with van der Waals surface area (Å²) in [7, 11) is 1.59. The zero-order chi connectivity index (χ0) is 18.0. The van der Waals surface area contributed by atoms with Crippen LogP contribution in [0, 0.1) is 11.3 Å². The van der Waals surface area contributed by atoms with Crippen LogP contribution < -0.4 is 4.74 Å². The molecule has 134 valence electrons. The highest BCUT2D eigenvalue weighted by Gasteiger charge is 2.50. The molecule has 1 atom stereocenters. The zero-order valence-electron chi connectivity index (χ0n) is 15.2. The van der Waals surface area contributed by atoms with Gasteiger partial charge in [0, 0.05) is 5.56 Å². The molecule has 0 N–H and O–H groups in total. The minimum absolute atomic E-state index is 0.00911. The molecule has 1 heterocycles. The molecule has 1 aliphatic carbocycles. The third-order valence-electron chi connectivity index (χ3n) is 5.83. The normalized spacial score (nSPS) is 24.4. The number of nitrogens with zero attached hydrogens (tertiary/aromatic N) is 2. The number of hydrazone groups is 1. The maximum atomic E-state index is 13.0. The Morgan fingerprint density at radius 1 is 1.24 bits per heavy atom. The number of methoxy groups -OCH3 is 1. The highest BCUT2D eigenvalue weighted by Crippen LogP contribution is 2.43. The topological polar surface area (TPSA) is 59.0 Å². The lowest BCUT2D eigenvalue weighted by Gasteiger charge is -2.35. The second-order valence-electron chi connectivity index (χ2n) is 7.24. The number of benzene rings is 1. The Balaban J connectivity index is 1.73. The Kier molecular flexibility index (Phi) is 4.93. The van der Waals surface area contributed by atoms with Crippen molar-refractivity contribution < 1.29 is 14.3 Å². The van der Waals surface area contributed by atoms with Crippen molar-refractivity contribution in [3.8, 4) is 5.75 Å². The standard InChI is InChI=1S/C20H26N2O3/c1-14-20(2,16-7-5-4-6-8-16)19(24)22(21-14)13-18(23)15-9-11-17(25-3)12-10-15/h9-12,16H,4-8,13H2,1-3H3. The fourth-order valence-corrected chi connectivity index (χ4v) is 4.01. The molecule has 1 amide bonds. The van der Waals surface area contributed by atoms with Gasteiger partial charge in [0.05, 0.1) is 18.2 Å². The second-order valence-corrected chi connectivity index (χ2v) is 7.24. The van der Waals surface area contributed by atoms with Crippen molar-refractivity contribution in [3.05, 3.63) is 29.8 Å². The van der Waals surface area contributed by atoms with Crippen molar-refractivity contribution in [2.45, 2.75) is 46.0 Å². The lowest BCUT2D eigenvalue weighted by molar-refractivity contribution is -0.137. The Bertz CT molecular complexity index is 689. The van der Waals surface area contributed by atoms with Crippen molar-refractivity contribution in [2.24, 2.45) is 16.4 Å². The molecule has 1 unspecified atom stereocenters. The van der Waals surface area contributed by atoms with Crippen LogP contribution in [0.15, 0.2) is 29.4 Å². The van der Waals surface area contributed by atoms with Crippen LogP contribution in [-0.2, 0) is 4.79 Å². The van der Waals surface area contributed by atoms with Gasteiger partial charge >= 0.3 is 0 Å². The summed E-state index contributed by atoms with van der Waals surface area (Å²) in [6.07, 6.45) is 5.72. The van der Waals surface area contributed by atoms with Gasteiger partial charge < -0.3 is 4.74 Å². The molecular formula is C20H26N2O3. The third-order valence-corrected chi connectivity index (χ3v) is 5.83. The number of Topliss-reactive ketones (excluding diaryl/α,β-unsaturated/α-hetero) is 1. The molecule has 3 rings (SSSR count). The molecule has 0 aromatic heterocycles. The number of amides is 1.